The van der Waals surface area contributed by atoms with Crippen molar-refractivity contribution < 1.29 is 9.90 Å². The average molecular weight is 237 g/mol. The van der Waals surface area contributed by atoms with E-state index in [1.807, 2.05) is 6.92 Å². The Bertz CT molecular complexity index is 393. The molecule has 1 amide bonds. The third-order valence-electron chi connectivity index (χ3n) is 2.54. The van der Waals surface area contributed by atoms with Gasteiger partial charge in [0, 0.05) is 11.6 Å². The molecule has 1 heterocycles. The van der Waals surface area contributed by atoms with Crippen LogP contribution in [-0.4, -0.2) is 22.5 Å². The third kappa shape index (κ3) is 4.03. The van der Waals surface area contributed by atoms with Gasteiger partial charge >= 0.3 is 0 Å². The van der Waals surface area contributed by atoms with Crippen LogP contribution >= 0.6 is 0 Å². The second kappa shape index (κ2) is 6.20. The number of carbonyl (C=O) groups excluding carboxylic acids is 1. The smallest absolute Gasteiger partial charge is 0.228 e. The number of aryl methyl sites for hydroxylation is 1. The van der Waals surface area contributed by atoms with Crippen molar-refractivity contribution in [2.45, 2.75) is 26.7 Å². The van der Waals surface area contributed by atoms with E-state index < -0.39 is 0 Å². The second-order valence-electron chi connectivity index (χ2n) is 4.14. The number of hydrogen-bond acceptors (Lipinski definition) is 4. The summed E-state index contributed by atoms with van der Waals surface area (Å²) in [5.41, 5.74) is 6.13. The Hall–Kier alpha value is -1.62. The molecule has 5 nitrogen and oxygen atoms in total. The Labute approximate surface area is 101 Å². The van der Waals surface area contributed by atoms with Crippen molar-refractivity contribution >= 4 is 11.7 Å². The zero-order valence-corrected chi connectivity index (χ0v) is 10.2. The minimum atomic E-state index is -0.146. The van der Waals surface area contributed by atoms with Gasteiger partial charge in [0.25, 0.3) is 0 Å². The van der Waals surface area contributed by atoms with Crippen molar-refractivity contribution in [3.8, 4) is 5.75 Å². The lowest BCUT2D eigenvalue weighted by Crippen LogP contribution is -2.21. The number of nitrogens with one attached hydrogen (secondary N) is 1. The van der Waals surface area contributed by atoms with E-state index in [4.69, 9.17) is 5.73 Å². The fraction of sp³-hybridized carbons (Fsp3) is 0.500. The summed E-state index contributed by atoms with van der Waals surface area (Å²) in [7, 11) is 0. The number of carbonyl (C=O) groups is 1. The zero-order valence-electron chi connectivity index (χ0n) is 10.2. The van der Waals surface area contributed by atoms with Gasteiger partial charge in [-0.1, -0.05) is 6.92 Å². The van der Waals surface area contributed by atoms with Gasteiger partial charge in [-0.2, -0.15) is 0 Å². The van der Waals surface area contributed by atoms with Gasteiger partial charge in [-0.05, 0) is 38.4 Å². The molecule has 0 saturated heterocycles. The first-order chi connectivity index (χ1) is 8.04. The number of nitrogens with two attached hydrogens (primary N) is 1. The monoisotopic (exact) mass is 237 g/mol. The van der Waals surface area contributed by atoms with Crippen LogP contribution < -0.4 is 11.1 Å². The van der Waals surface area contributed by atoms with Crippen molar-refractivity contribution in [1.29, 1.82) is 0 Å². The molecule has 1 rings (SSSR count). The Morgan fingerprint density at radius 2 is 2.29 bits per heavy atom. The van der Waals surface area contributed by atoms with E-state index in [1.54, 1.807) is 13.0 Å². The van der Waals surface area contributed by atoms with Crippen molar-refractivity contribution in [1.82, 2.24) is 4.98 Å². The van der Waals surface area contributed by atoms with E-state index in [9.17, 15) is 9.90 Å². The maximum atomic E-state index is 11.8. The first kappa shape index (κ1) is 13.4. The number of aromatic hydroxyl groups is 1. The van der Waals surface area contributed by atoms with E-state index >= 15 is 0 Å². The maximum absolute atomic E-state index is 11.8. The first-order valence-corrected chi connectivity index (χ1v) is 5.72. The summed E-state index contributed by atoms with van der Waals surface area (Å²) in [6.07, 6.45) is 1.54. The van der Waals surface area contributed by atoms with Crippen LogP contribution in [0.1, 0.15) is 25.5 Å². The Balaban J connectivity index is 2.64. The van der Waals surface area contributed by atoms with Crippen molar-refractivity contribution in [3.05, 3.63) is 17.8 Å². The molecule has 1 atom stereocenters. The molecule has 1 unspecified atom stereocenters. The van der Waals surface area contributed by atoms with Crippen molar-refractivity contribution in [2.24, 2.45) is 11.7 Å². The standard InChI is InChI=1S/C12H19N3O2/c1-8(4-3-7-13)12(17)15-11-10(16)6-5-9(2)14-11/h5-6,8,16H,3-4,7,13H2,1-2H3,(H,14,15,17). The lowest BCUT2D eigenvalue weighted by atomic mass is 10.1. The summed E-state index contributed by atoms with van der Waals surface area (Å²) in [6, 6.07) is 3.20. The molecule has 0 spiro atoms. The Kier molecular flexibility index (Phi) is 4.90. The van der Waals surface area contributed by atoms with Crippen LogP contribution in [0.15, 0.2) is 12.1 Å². The summed E-state index contributed by atoms with van der Waals surface area (Å²) in [6.45, 7) is 4.20. The molecule has 17 heavy (non-hydrogen) atoms. The quantitative estimate of drug-likeness (QED) is 0.722. The van der Waals surface area contributed by atoms with E-state index in [2.05, 4.69) is 10.3 Å². The molecule has 0 aliphatic rings. The zero-order chi connectivity index (χ0) is 12.8. The molecule has 5 heteroatoms. The molecule has 0 aliphatic carbocycles. The molecule has 4 N–H and O–H groups in total. The van der Waals surface area contributed by atoms with Crippen LogP contribution in [0.4, 0.5) is 5.82 Å². The molecule has 1 aromatic heterocycles. The minimum absolute atomic E-state index is 0.0185. The van der Waals surface area contributed by atoms with Crippen molar-refractivity contribution in [3.63, 3.8) is 0 Å². The minimum Gasteiger partial charge on any atom is -0.504 e. The van der Waals surface area contributed by atoms with Gasteiger partial charge < -0.3 is 16.2 Å². The number of hydrogen-bond donors (Lipinski definition) is 3. The molecule has 0 bridgehead atoms. The number of nitrogens with zero attached hydrogens (tertiary/aromatic N) is 1. The highest BCUT2D eigenvalue weighted by Gasteiger charge is 2.14. The second-order valence-corrected chi connectivity index (χ2v) is 4.14. The highest BCUT2D eigenvalue weighted by Crippen LogP contribution is 2.21. The normalized spacial score (nSPS) is 12.2. The highest BCUT2D eigenvalue weighted by atomic mass is 16.3. The maximum Gasteiger partial charge on any atom is 0.228 e. The van der Waals surface area contributed by atoms with Crippen LogP contribution in [0.2, 0.25) is 0 Å². The molecular formula is C12H19N3O2. The van der Waals surface area contributed by atoms with E-state index in [-0.39, 0.29) is 23.4 Å². The fourth-order valence-corrected chi connectivity index (χ4v) is 1.44. The van der Waals surface area contributed by atoms with E-state index in [0.29, 0.717) is 6.54 Å². The summed E-state index contributed by atoms with van der Waals surface area (Å²) in [5.74, 6) is -0.0864. The summed E-state index contributed by atoms with van der Waals surface area (Å²) >= 11 is 0. The SMILES string of the molecule is Cc1ccc(O)c(NC(=O)C(C)CCCN)n1. The van der Waals surface area contributed by atoms with E-state index in [1.165, 1.54) is 6.07 Å². The number of aromatic nitrogens is 1. The van der Waals surface area contributed by atoms with Gasteiger partial charge in [0.1, 0.15) is 0 Å². The van der Waals surface area contributed by atoms with Gasteiger partial charge in [-0.25, -0.2) is 4.98 Å². The first-order valence-electron chi connectivity index (χ1n) is 5.72. The van der Waals surface area contributed by atoms with Crippen LogP contribution in [0.5, 0.6) is 5.75 Å². The highest BCUT2D eigenvalue weighted by molar-refractivity contribution is 5.92. The van der Waals surface area contributed by atoms with Gasteiger partial charge in [0.15, 0.2) is 11.6 Å². The fourth-order valence-electron chi connectivity index (χ4n) is 1.44. The molecule has 1 aromatic rings. The Morgan fingerprint density at radius 1 is 1.59 bits per heavy atom. The van der Waals surface area contributed by atoms with Crippen LogP contribution in [0.25, 0.3) is 0 Å². The topological polar surface area (TPSA) is 88.2 Å². The van der Waals surface area contributed by atoms with Crippen LogP contribution in [0, 0.1) is 12.8 Å². The molecule has 94 valence electrons. The molecular weight excluding hydrogens is 218 g/mol. The number of pyridine rings is 1. The van der Waals surface area contributed by atoms with Gasteiger partial charge in [-0.3, -0.25) is 4.79 Å². The molecule has 0 radical (unpaired) electrons. The summed E-state index contributed by atoms with van der Waals surface area (Å²) < 4.78 is 0. The predicted molar refractivity (Wildman–Crippen MR) is 66.7 cm³/mol. The summed E-state index contributed by atoms with van der Waals surface area (Å²) in [4.78, 5) is 15.8. The molecule has 0 fully saturated rings. The lowest BCUT2D eigenvalue weighted by molar-refractivity contribution is -0.119. The molecule has 0 saturated carbocycles. The number of amides is 1. The van der Waals surface area contributed by atoms with Gasteiger partial charge in [0.05, 0.1) is 0 Å². The number of anilines is 1. The van der Waals surface area contributed by atoms with Gasteiger partial charge in [0.2, 0.25) is 5.91 Å². The predicted octanol–water partition coefficient (Wildman–Crippen LogP) is 1.41. The largest absolute Gasteiger partial charge is 0.504 e. The van der Waals surface area contributed by atoms with Gasteiger partial charge in [-0.15, -0.1) is 0 Å². The van der Waals surface area contributed by atoms with Crippen LogP contribution in [-0.2, 0) is 4.79 Å². The Morgan fingerprint density at radius 3 is 2.94 bits per heavy atom. The van der Waals surface area contributed by atoms with Crippen molar-refractivity contribution in [2.75, 3.05) is 11.9 Å². The van der Waals surface area contributed by atoms with E-state index in [0.717, 1.165) is 18.5 Å². The molecule has 0 aliphatic heterocycles. The number of rotatable bonds is 5. The summed E-state index contributed by atoms with van der Waals surface area (Å²) in [5, 5.41) is 12.2. The molecule has 0 aromatic carbocycles. The lowest BCUT2D eigenvalue weighted by Gasteiger charge is -2.12. The third-order valence-corrected chi connectivity index (χ3v) is 2.54. The average Bonchev–Trinajstić information content (AvgIpc) is 2.30. The van der Waals surface area contributed by atoms with Crippen LogP contribution in [0.3, 0.4) is 0 Å².